The van der Waals surface area contributed by atoms with Gasteiger partial charge < -0.3 is 10.2 Å². The fourth-order valence-corrected chi connectivity index (χ4v) is 1.02. The second kappa shape index (κ2) is 3.15. The van der Waals surface area contributed by atoms with E-state index >= 15 is 0 Å². The molecular formula is C6H13NO2. The highest BCUT2D eigenvalue weighted by Crippen LogP contribution is 2.06. The summed E-state index contributed by atoms with van der Waals surface area (Å²) in [6.07, 6.45) is 0.718. The number of likely N-dealkylation sites (tertiary alicyclic amines) is 1. The molecule has 0 saturated carbocycles. The first-order valence-electron chi connectivity index (χ1n) is 3.34. The molecule has 0 unspecified atom stereocenters. The van der Waals surface area contributed by atoms with Gasteiger partial charge in [-0.1, -0.05) is 0 Å². The van der Waals surface area contributed by atoms with Gasteiger partial charge in [0.1, 0.15) is 0 Å². The van der Waals surface area contributed by atoms with E-state index in [9.17, 15) is 0 Å². The molecular weight excluding hydrogens is 118 g/mol. The van der Waals surface area contributed by atoms with Gasteiger partial charge in [-0.3, -0.25) is 4.90 Å². The number of nitrogens with zero attached hydrogens (tertiary/aromatic N) is 1. The molecule has 1 aliphatic heterocycles. The van der Waals surface area contributed by atoms with Crippen molar-refractivity contribution in [2.45, 2.75) is 12.5 Å². The van der Waals surface area contributed by atoms with Gasteiger partial charge in [-0.2, -0.15) is 0 Å². The van der Waals surface area contributed by atoms with E-state index in [-0.39, 0.29) is 12.7 Å². The molecule has 1 fully saturated rings. The quantitative estimate of drug-likeness (QED) is 0.519. The van der Waals surface area contributed by atoms with E-state index in [1.807, 2.05) is 0 Å². The maximum atomic E-state index is 8.81. The molecule has 1 rings (SSSR count). The first-order chi connectivity index (χ1) is 4.33. The lowest BCUT2D eigenvalue weighted by Crippen LogP contribution is -2.50. The maximum absolute atomic E-state index is 8.81. The van der Waals surface area contributed by atoms with Crippen LogP contribution in [0, 0.1) is 0 Å². The second-order valence-corrected chi connectivity index (χ2v) is 2.49. The number of rotatable bonds is 3. The summed E-state index contributed by atoms with van der Waals surface area (Å²) < 4.78 is 0. The third-order valence-corrected chi connectivity index (χ3v) is 1.57. The van der Waals surface area contributed by atoms with Crippen LogP contribution in [0.25, 0.3) is 0 Å². The Hall–Kier alpha value is -0.120. The van der Waals surface area contributed by atoms with Gasteiger partial charge >= 0.3 is 0 Å². The highest BCUT2D eigenvalue weighted by molar-refractivity contribution is 4.77. The van der Waals surface area contributed by atoms with E-state index in [4.69, 9.17) is 10.2 Å². The van der Waals surface area contributed by atoms with E-state index in [2.05, 4.69) is 4.90 Å². The minimum absolute atomic E-state index is 0.108. The van der Waals surface area contributed by atoms with Gasteiger partial charge in [-0.05, 0) is 6.42 Å². The van der Waals surface area contributed by atoms with Crippen molar-refractivity contribution in [1.82, 2.24) is 4.90 Å². The first-order valence-corrected chi connectivity index (χ1v) is 3.34. The lowest BCUT2D eigenvalue weighted by Gasteiger charge is -2.35. The molecule has 1 saturated heterocycles. The molecule has 0 aromatic rings. The fraction of sp³-hybridized carbons (Fsp3) is 1.00. The van der Waals surface area contributed by atoms with Crippen molar-refractivity contribution in [3.8, 4) is 0 Å². The molecule has 0 radical (unpaired) electrons. The number of hydrogen-bond acceptors (Lipinski definition) is 3. The SMILES string of the molecule is OCCCN1CC(O)C1. The zero-order valence-corrected chi connectivity index (χ0v) is 5.45. The van der Waals surface area contributed by atoms with E-state index in [1.165, 1.54) is 0 Å². The van der Waals surface area contributed by atoms with E-state index < -0.39 is 0 Å². The van der Waals surface area contributed by atoms with Gasteiger partial charge in [0.05, 0.1) is 6.10 Å². The van der Waals surface area contributed by atoms with E-state index in [0.29, 0.717) is 0 Å². The standard InChI is InChI=1S/C6H13NO2/c8-3-1-2-7-4-6(9)5-7/h6,8-9H,1-5H2. The minimum atomic E-state index is -0.108. The van der Waals surface area contributed by atoms with Crippen molar-refractivity contribution in [3.63, 3.8) is 0 Å². The maximum Gasteiger partial charge on any atom is 0.0793 e. The Morgan fingerprint density at radius 2 is 2.11 bits per heavy atom. The Morgan fingerprint density at radius 3 is 2.56 bits per heavy atom. The highest BCUT2D eigenvalue weighted by atomic mass is 16.3. The first kappa shape index (κ1) is 6.99. The Morgan fingerprint density at radius 1 is 1.44 bits per heavy atom. The molecule has 0 aliphatic carbocycles. The van der Waals surface area contributed by atoms with Crippen LogP contribution in [-0.4, -0.2) is 47.5 Å². The largest absolute Gasteiger partial charge is 0.396 e. The van der Waals surface area contributed by atoms with Crippen LogP contribution in [0.1, 0.15) is 6.42 Å². The zero-order chi connectivity index (χ0) is 6.69. The van der Waals surface area contributed by atoms with Crippen LogP contribution >= 0.6 is 0 Å². The van der Waals surface area contributed by atoms with Crippen LogP contribution in [-0.2, 0) is 0 Å². The van der Waals surface area contributed by atoms with Gasteiger partial charge in [0, 0.05) is 26.2 Å². The third kappa shape index (κ3) is 1.93. The molecule has 0 bridgehead atoms. The zero-order valence-electron chi connectivity index (χ0n) is 5.45. The normalized spacial score (nSPS) is 22.0. The summed E-state index contributed by atoms with van der Waals surface area (Å²) >= 11 is 0. The lowest BCUT2D eigenvalue weighted by atomic mass is 10.1. The van der Waals surface area contributed by atoms with Gasteiger partial charge in [0.25, 0.3) is 0 Å². The summed E-state index contributed by atoms with van der Waals surface area (Å²) in [6.45, 7) is 2.76. The molecule has 1 heterocycles. The van der Waals surface area contributed by atoms with Crippen LogP contribution in [0.5, 0.6) is 0 Å². The number of β-amino-alcohol motifs (C(OH)–C–C–N with tert-alkyl or cyclic N) is 1. The average molecular weight is 131 g/mol. The Kier molecular flexibility index (Phi) is 2.45. The van der Waals surface area contributed by atoms with Crippen molar-refractivity contribution in [2.24, 2.45) is 0 Å². The summed E-state index contributed by atoms with van der Waals surface area (Å²) in [7, 11) is 0. The highest BCUT2D eigenvalue weighted by Gasteiger charge is 2.22. The summed E-state index contributed by atoms with van der Waals surface area (Å²) in [4.78, 5) is 2.13. The lowest BCUT2D eigenvalue weighted by molar-refractivity contribution is -0.000450. The molecule has 0 atom stereocenters. The molecule has 1 aliphatic rings. The minimum Gasteiger partial charge on any atom is -0.396 e. The molecule has 0 amide bonds. The summed E-state index contributed by atoms with van der Waals surface area (Å²) in [5.74, 6) is 0. The second-order valence-electron chi connectivity index (χ2n) is 2.49. The van der Waals surface area contributed by atoms with E-state index in [1.54, 1.807) is 0 Å². The van der Waals surface area contributed by atoms with Gasteiger partial charge in [0.2, 0.25) is 0 Å². The third-order valence-electron chi connectivity index (χ3n) is 1.57. The van der Waals surface area contributed by atoms with Crippen LogP contribution in [0.2, 0.25) is 0 Å². The van der Waals surface area contributed by atoms with E-state index in [0.717, 1.165) is 26.1 Å². The number of aliphatic hydroxyl groups excluding tert-OH is 2. The average Bonchev–Trinajstić information content (AvgIpc) is 1.78. The van der Waals surface area contributed by atoms with Gasteiger partial charge in [0.15, 0.2) is 0 Å². The van der Waals surface area contributed by atoms with Gasteiger partial charge in [-0.15, -0.1) is 0 Å². The molecule has 9 heavy (non-hydrogen) atoms. The Bertz CT molecular complexity index is 81.1. The molecule has 3 nitrogen and oxygen atoms in total. The Labute approximate surface area is 54.9 Å². The van der Waals surface area contributed by atoms with Crippen molar-refractivity contribution >= 4 is 0 Å². The molecule has 0 spiro atoms. The Balaban J connectivity index is 1.91. The summed E-state index contributed by atoms with van der Waals surface area (Å²) in [6, 6.07) is 0. The van der Waals surface area contributed by atoms with Crippen molar-refractivity contribution in [2.75, 3.05) is 26.2 Å². The molecule has 0 aromatic heterocycles. The predicted octanol–water partition coefficient (Wildman–Crippen LogP) is -0.955. The molecule has 2 N–H and O–H groups in total. The molecule has 3 heteroatoms. The smallest absolute Gasteiger partial charge is 0.0793 e. The number of aliphatic hydroxyl groups is 2. The van der Waals surface area contributed by atoms with Crippen LogP contribution in [0.15, 0.2) is 0 Å². The monoisotopic (exact) mass is 131 g/mol. The van der Waals surface area contributed by atoms with Crippen molar-refractivity contribution < 1.29 is 10.2 Å². The van der Waals surface area contributed by atoms with Gasteiger partial charge in [-0.25, -0.2) is 0 Å². The molecule has 54 valence electrons. The number of hydrogen-bond donors (Lipinski definition) is 2. The van der Waals surface area contributed by atoms with Crippen LogP contribution in [0.3, 0.4) is 0 Å². The predicted molar refractivity (Wildman–Crippen MR) is 34.1 cm³/mol. The van der Waals surface area contributed by atoms with Crippen molar-refractivity contribution in [1.29, 1.82) is 0 Å². The topological polar surface area (TPSA) is 43.7 Å². The van der Waals surface area contributed by atoms with Crippen LogP contribution in [0.4, 0.5) is 0 Å². The summed E-state index contributed by atoms with van der Waals surface area (Å²) in [5, 5.41) is 17.2. The van der Waals surface area contributed by atoms with Crippen molar-refractivity contribution in [3.05, 3.63) is 0 Å². The molecule has 0 aromatic carbocycles. The summed E-state index contributed by atoms with van der Waals surface area (Å²) in [5.41, 5.74) is 0. The van der Waals surface area contributed by atoms with Crippen LogP contribution < -0.4 is 0 Å². The fourth-order valence-electron chi connectivity index (χ4n) is 1.02.